The number of sulfone groups is 1. The molecule has 3 rings (SSSR count). The molecule has 0 saturated carbocycles. The van der Waals surface area contributed by atoms with Crippen molar-refractivity contribution in [3.8, 4) is 0 Å². The molecule has 0 fully saturated rings. The maximum atomic E-state index is 12.7. The first-order valence-electron chi connectivity index (χ1n) is 8.35. The average molecular weight is 483 g/mol. The molecule has 0 aliphatic heterocycles. The molecular formula is C17H14N4O7S3. The van der Waals surface area contributed by atoms with E-state index in [1.807, 2.05) is 0 Å². The van der Waals surface area contributed by atoms with Crippen molar-refractivity contribution in [3.63, 3.8) is 0 Å². The van der Waals surface area contributed by atoms with Gasteiger partial charge in [-0.25, -0.2) is 21.8 Å². The molecule has 31 heavy (non-hydrogen) atoms. The Labute approximate surface area is 180 Å². The molecule has 3 aromatic rings. The number of nitro groups is 1. The molecule has 0 radical (unpaired) electrons. The van der Waals surface area contributed by atoms with Crippen LogP contribution in [0.3, 0.4) is 0 Å². The van der Waals surface area contributed by atoms with Crippen molar-refractivity contribution in [2.45, 2.75) is 20.9 Å². The lowest BCUT2D eigenvalue weighted by Crippen LogP contribution is -2.13. The number of carbonyl (C=O) groups is 1. The van der Waals surface area contributed by atoms with Gasteiger partial charge in [0.1, 0.15) is 4.21 Å². The van der Waals surface area contributed by atoms with Crippen LogP contribution < -0.4 is 10.0 Å². The highest BCUT2D eigenvalue weighted by molar-refractivity contribution is 7.94. The fraction of sp³-hybridized carbons (Fsp3) is 0.0588. The van der Waals surface area contributed by atoms with E-state index in [-0.39, 0.29) is 30.7 Å². The Morgan fingerprint density at radius 3 is 2.13 bits per heavy atom. The van der Waals surface area contributed by atoms with Gasteiger partial charge in [0, 0.05) is 24.7 Å². The number of hydrogen-bond donors (Lipinski definition) is 2. The second-order valence-corrected chi connectivity index (χ2v) is 10.9. The first kappa shape index (κ1) is 22.3. The summed E-state index contributed by atoms with van der Waals surface area (Å²) in [6.45, 7) is 1.32. The molecule has 14 heteroatoms. The van der Waals surface area contributed by atoms with E-state index in [4.69, 9.17) is 0 Å². The molecule has 11 nitrogen and oxygen atoms in total. The lowest BCUT2D eigenvalue weighted by molar-refractivity contribution is -0.384. The zero-order chi connectivity index (χ0) is 22.8. The van der Waals surface area contributed by atoms with Crippen molar-refractivity contribution < 1.29 is 26.6 Å². The molecular weight excluding hydrogens is 468 g/mol. The molecule has 0 aliphatic rings. The first-order chi connectivity index (χ1) is 14.5. The first-order valence-corrected chi connectivity index (χ1v) is 12.1. The number of amides is 1. The lowest BCUT2D eigenvalue weighted by atomic mass is 10.3. The summed E-state index contributed by atoms with van der Waals surface area (Å²) >= 11 is 0.598. The van der Waals surface area contributed by atoms with Crippen LogP contribution in [-0.2, 0) is 24.7 Å². The molecule has 0 saturated heterocycles. The number of carbonyl (C=O) groups excluding carboxylic acids is 1. The van der Waals surface area contributed by atoms with Crippen LogP contribution in [0.1, 0.15) is 6.92 Å². The molecule has 0 spiro atoms. The Hall–Kier alpha value is -3.36. The third-order valence-corrected chi connectivity index (χ3v) is 8.44. The third-order valence-electron chi connectivity index (χ3n) is 3.81. The number of nitrogens with zero attached hydrogens (tertiary/aromatic N) is 2. The number of nitrogens with one attached hydrogen (secondary N) is 2. The summed E-state index contributed by atoms with van der Waals surface area (Å²) in [7, 11) is -8.09. The number of rotatable bonds is 7. The summed E-state index contributed by atoms with van der Waals surface area (Å²) in [6.07, 6.45) is 0.999. The van der Waals surface area contributed by atoms with Gasteiger partial charge < -0.3 is 5.32 Å². The molecule has 0 aliphatic carbocycles. The minimum atomic E-state index is -4.06. The van der Waals surface area contributed by atoms with Gasteiger partial charge in [-0.05, 0) is 36.4 Å². The minimum absolute atomic E-state index is 0.114. The van der Waals surface area contributed by atoms with E-state index < -0.39 is 24.8 Å². The second-order valence-electron chi connectivity index (χ2n) is 6.05. The van der Waals surface area contributed by atoms with Gasteiger partial charge in [0.25, 0.3) is 15.7 Å². The predicted octanol–water partition coefficient (Wildman–Crippen LogP) is 2.64. The van der Waals surface area contributed by atoms with E-state index >= 15 is 0 Å². The van der Waals surface area contributed by atoms with Gasteiger partial charge in [0.15, 0.2) is 5.13 Å². The summed E-state index contributed by atoms with van der Waals surface area (Å²) in [5, 5.41) is 13.1. The van der Waals surface area contributed by atoms with E-state index in [1.54, 1.807) is 0 Å². The standard InChI is InChI=1S/C17H14N4O7S3/c1-11(22)19-12-2-6-15(7-3-12)31(27,28)20-17-18-10-16(29-17)30(25,26)14-8-4-13(5-9-14)21(23)24/h2-10H,1H3,(H,18,20)(H,19,22). The Morgan fingerprint density at radius 1 is 1.00 bits per heavy atom. The molecule has 0 unspecified atom stereocenters. The van der Waals surface area contributed by atoms with Crippen molar-refractivity contribution in [2.24, 2.45) is 0 Å². The number of aromatic nitrogens is 1. The Morgan fingerprint density at radius 2 is 1.58 bits per heavy atom. The zero-order valence-corrected chi connectivity index (χ0v) is 18.1. The molecule has 0 atom stereocenters. The molecule has 1 heterocycles. The van der Waals surface area contributed by atoms with E-state index in [0.717, 1.165) is 30.5 Å². The van der Waals surface area contributed by atoms with Crippen LogP contribution in [0.5, 0.6) is 0 Å². The summed E-state index contributed by atoms with van der Waals surface area (Å²) in [5.74, 6) is -0.307. The van der Waals surface area contributed by atoms with Crippen LogP contribution >= 0.6 is 11.3 Å². The monoisotopic (exact) mass is 482 g/mol. The van der Waals surface area contributed by atoms with E-state index in [9.17, 15) is 31.7 Å². The molecule has 1 amide bonds. The number of sulfonamides is 1. The SMILES string of the molecule is CC(=O)Nc1ccc(S(=O)(=O)Nc2ncc(S(=O)(=O)c3ccc([N+](=O)[O-])cc3)s2)cc1. The number of benzene rings is 2. The summed E-state index contributed by atoms with van der Waals surface area (Å²) < 4.78 is 52.4. The van der Waals surface area contributed by atoms with Gasteiger partial charge >= 0.3 is 0 Å². The maximum absolute atomic E-state index is 12.7. The van der Waals surface area contributed by atoms with Crippen molar-refractivity contribution in [1.82, 2.24) is 4.98 Å². The fourth-order valence-corrected chi connectivity index (χ4v) is 6.06. The number of anilines is 2. The van der Waals surface area contributed by atoms with Crippen molar-refractivity contribution in [2.75, 3.05) is 10.0 Å². The topological polar surface area (TPSA) is 165 Å². The Bertz CT molecular complexity index is 1350. The highest BCUT2D eigenvalue weighted by Gasteiger charge is 2.24. The van der Waals surface area contributed by atoms with E-state index in [1.165, 1.54) is 31.2 Å². The maximum Gasteiger partial charge on any atom is 0.269 e. The van der Waals surface area contributed by atoms with Crippen LogP contribution in [0.2, 0.25) is 0 Å². The quantitative estimate of drug-likeness (QED) is 0.383. The predicted molar refractivity (Wildman–Crippen MR) is 112 cm³/mol. The second kappa shape index (κ2) is 8.41. The normalized spacial score (nSPS) is 11.6. The van der Waals surface area contributed by atoms with Crippen LogP contribution in [-0.4, -0.2) is 32.7 Å². The minimum Gasteiger partial charge on any atom is -0.326 e. The number of nitro benzene ring substituents is 1. The summed E-state index contributed by atoms with van der Waals surface area (Å²) in [6, 6.07) is 9.65. The van der Waals surface area contributed by atoms with Gasteiger partial charge in [0.2, 0.25) is 15.7 Å². The Kier molecular flexibility index (Phi) is 6.06. The van der Waals surface area contributed by atoms with Gasteiger partial charge in [-0.15, -0.1) is 0 Å². The van der Waals surface area contributed by atoms with Crippen molar-refractivity contribution >= 4 is 53.6 Å². The van der Waals surface area contributed by atoms with Gasteiger partial charge in [0.05, 0.1) is 20.9 Å². The van der Waals surface area contributed by atoms with Crippen LogP contribution in [0.25, 0.3) is 0 Å². The van der Waals surface area contributed by atoms with Gasteiger partial charge in [-0.2, -0.15) is 0 Å². The van der Waals surface area contributed by atoms with E-state index in [0.29, 0.717) is 17.0 Å². The highest BCUT2D eigenvalue weighted by atomic mass is 32.2. The van der Waals surface area contributed by atoms with Crippen molar-refractivity contribution in [3.05, 3.63) is 64.8 Å². The molecule has 162 valence electrons. The number of non-ortho nitro benzene ring substituents is 1. The van der Waals surface area contributed by atoms with Crippen LogP contribution in [0.4, 0.5) is 16.5 Å². The summed E-state index contributed by atoms with van der Waals surface area (Å²) in [4.78, 5) is 24.6. The number of thiazole rings is 1. The summed E-state index contributed by atoms with van der Waals surface area (Å²) in [5.41, 5.74) is 0.151. The Balaban J connectivity index is 1.81. The smallest absolute Gasteiger partial charge is 0.269 e. The van der Waals surface area contributed by atoms with Crippen LogP contribution in [0, 0.1) is 10.1 Å². The van der Waals surface area contributed by atoms with Crippen molar-refractivity contribution in [1.29, 1.82) is 0 Å². The zero-order valence-electron chi connectivity index (χ0n) is 15.7. The fourth-order valence-electron chi connectivity index (χ4n) is 2.39. The van der Waals surface area contributed by atoms with Gasteiger partial charge in [-0.1, -0.05) is 11.3 Å². The lowest BCUT2D eigenvalue weighted by Gasteiger charge is -2.06. The van der Waals surface area contributed by atoms with Crippen LogP contribution in [0.15, 0.2) is 68.7 Å². The van der Waals surface area contributed by atoms with E-state index in [2.05, 4.69) is 15.0 Å². The largest absolute Gasteiger partial charge is 0.326 e. The molecule has 1 aromatic heterocycles. The molecule has 0 bridgehead atoms. The highest BCUT2D eigenvalue weighted by Crippen LogP contribution is 2.30. The molecule has 2 aromatic carbocycles. The number of hydrogen-bond acceptors (Lipinski definition) is 9. The molecule has 2 N–H and O–H groups in total. The third kappa shape index (κ3) is 5.04. The average Bonchev–Trinajstić information content (AvgIpc) is 3.16. The van der Waals surface area contributed by atoms with Gasteiger partial charge in [-0.3, -0.25) is 19.6 Å².